The van der Waals surface area contributed by atoms with Gasteiger partial charge in [0, 0.05) is 0 Å². The minimum Gasteiger partial charge on any atom is -0.222 e. The van der Waals surface area contributed by atoms with E-state index in [4.69, 9.17) is 11.6 Å². The van der Waals surface area contributed by atoms with Crippen molar-refractivity contribution in [1.29, 1.82) is 0 Å². The fourth-order valence-electron chi connectivity index (χ4n) is 1.14. The standard InChI is InChI=1S/C10H13ClO2S/c1-2-6-10(11)14(12,13)9-7-4-3-5-8-9/h3-5,7-8,10H,2,6H2,1H3. The molecular weight excluding hydrogens is 220 g/mol. The fourth-order valence-corrected chi connectivity index (χ4v) is 3.04. The Hall–Kier alpha value is -0.540. The molecule has 0 aliphatic rings. The van der Waals surface area contributed by atoms with Gasteiger partial charge in [0.05, 0.1) is 4.90 Å². The van der Waals surface area contributed by atoms with Gasteiger partial charge in [-0.2, -0.15) is 0 Å². The summed E-state index contributed by atoms with van der Waals surface area (Å²) in [7, 11) is -3.34. The van der Waals surface area contributed by atoms with E-state index in [2.05, 4.69) is 0 Å². The second-order valence-electron chi connectivity index (χ2n) is 3.06. The molecule has 1 aromatic rings. The van der Waals surface area contributed by atoms with Gasteiger partial charge in [0.25, 0.3) is 0 Å². The van der Waals surface area contributed by atoms with E-state index in [0.717, 1.165) is 6.42 Å². The molecule has 0 saturated heterocycles. The first-order valence-electron chi connectivity index (χ1n) is 4.52. The van der Waals surface area contributed by atoms with E-state index >= 15 is 0 Å². The summed E-state index contributed by atoms with van der Waals surface area (Å²) < 4.78 is 22.8. The lowest BCUT2D eigenvalue weighted by Gasteiger charge is -2.09. The topological polar surface area (TPSA) is 34.1 Å². The lowest BCUT2D eigenvalue weighted by molar-refractivity contribution is 0.588. The lowest BCUT2D eigenvalue weighted by atomic mass is 10.4. The van der Waals surface area contributed by atoms with Crippen molar-refractivity contribution in [2.45, 2.75) is 29.4 Å². The number of sulfone groups is 1. The van der Waals surface area contributed by atoms with Crippen molar-refractivity contribution >= 4 is 21.4 Å². The largest absolute Gasteiger partial charge is 0.222 e. The summed E-state index contributed by atoms with van der Waals surface area (Å²) in [4.78, 5) is 0.299. The van der Waals surface area contributed by atoms with Crippen molar-refractivity contribution in [2.75, 3.05) is 0 Å². The highest BCUT2D eigenvalue weighted by Gasteiger charge is 2.23. The minimum atomic E-state index is -3.34. The Morgan fingerprint density at radius 2 is 1.86 bits per heavy atom. The van der Waals surface area contributed by atoms with Crippen LogP contribution in [-0.4, -0.2) is 13.1 Å². The number of rotatable bonds is 4. The van der Waals surface area contributed by atoms with Crippen LogP contribution in [0.2, 0.25) is 0 Å². The molecule has 0 amide bonds. The summed E-state index contributed by atoms with van der Waals surface area (Å²) >= 11 is 5.82. The molecule has 4 heteroatoms. The lowest BCUT2D eigenvalue weighted by Crippen LogP contribution is -2.15. The van der Waals surface area contributed by atoms with Crippen LogP contribution in [0.15, 0.2) is 35.2 Å². The third kappa shape index (κ3) is 2.49. The molecule has 0 fully saturated rings. The zero-order chi connectivity index (χ0) is 10.6. The molecule has 1 atom stereocenters. The van der Waals surface area contributed by atoms with Gasteiger partial charge in [-0.25, -0.2) is 8.42 Å². The SMILES string of the molecule is CCCC(Cl)S(=O)(=O)c1ccccc1. The van der Waals surface area contributed by atoms with Crippen LogP contribution in [0.25, 0.3) is 0 Å². The molecule has 0 radical (unpaired) electrons. The number of benzene rings is 1. The highest BCUT2D eigenvalue weighted by atomic mass is 35.5. The quantitative estimate of drug-likeness (QED) is 0.749. The van der Waals surface area contributed by atoms with Crippen molar-refractivity contribution in [3.63, 3.8) is 0 Å². The molecule has 0 aromatic heterocycles. The van der Waals surface area contributed by atoms with Gasteiger partial charge < -0.3 is 0 Å². The molecule has 0 N–H and O–H groups in total. The smallest absolute Gasteiger partial charge is 0.195 e. The maximum absolute atomic E-state index is 11.8. The van der Waals surface area contributed by atoms with Gasteiger partial charge in [-0.1, -0.05) is 31.5 Å². The van der Waals surface area contributed by atoms with E-state index in [0.29, 0.717) is 11.3 Å². The summed E-state index contributed by atoms with van der Waals surface area (Å²) in [5, 5.41) is 0. The number of halogens is 1. The van der Waals surface area contributed by atoms with E-state index in [-0.39, 0.29) is 0 Å². The van der Waals surface area contributed by atoms with Crippen molar-refractivity contribution in [3.8, 4) is 0 Å². The van der Waals surface area contributed by atoms with E-state index in [1.807, 2.05) is 6.92 Å². The Morgan fingerprint density at radius 1 is 1.29 bits per heavy atom. The van der Waals surface area contributed by atoms with Crippen molar-refractivity contribution in [1.82, 2.24) is 0 Å². The van der Waals surface area contributed by atoms with Crippen LogP contribution in [0, 0.1) is 0 Å². The molecule has 78 valence electrons. The maximum Gasteiger partial charge on any atom is 0.195 e. The number of alkyl halides is 1. The molecule has 0 aliphatic heterocycles. The van der Waals surface area contributed by atoms with Gasteiger partial charge in [0.2, 0.25) is 0 Å². The zero-order valence-electron chi connectivity index (χ0n) is 7.98. The Kier molecular flexibility index (Phi) is 3.96. The monoisotopic (exact) mass is 232 g/mol. The van der Waals surface area contributed by atoms with Gasteiger partial charge in [-0.3, -0.25) is 0 Å². The normalized spacial score (nSPS) is 13.9. The average molecular weight is 233 g/mol. The van der Waals surface area contributed by atoms with Gasteiger partial charge in [0.1, 0.15) is 4.71 Å². The van der Waals surface area contributed by atoms with E-state index in [1.54, 1.807) is 30.3 Å². The summed E-state index contributed by atoms with van der Waals surface area (Å²) in [6, 6.07) is 8.31. The van der Waals surface area contributed by atoms with Crippen molar-refractivity contribution in [2.24, 2.45) is 0 Å². The van der Waals surface area contributed by atoms with Crippen LogP contribution < -0.4 is 0 Å². The average Bonchev–Trinajstić information content (AvgIpc) is 2.19. The maximum atomic E-state index is 11.8. The van der Waals surface area contributed by atoms with Crippen molar-refractivity contribution < 1.29 is 8.42 Å². The molecule has 0 heterocycles. The summed E-state index contributed by atoms with van der Waals surface area (Å²) in [5.74, 6) is 0. The second-order valence-corrected chi connectivity index (χ2v) is 5.97. The Balaban J connectivity index is 2.97. The first kappa shape index (κ1) is 11.5. The summed E-state index contributed by atoms with van der Waals surface area (Å²) in [6.45, 7) is 1.91. The molecule has 1 aromatic carbocycles. The van der Waals surface area contributed by atoms with Gasteiger partial charge in [0.15, 0.2) is 9.84 Å². The zero-order valence-corrected chi connectivity index (χ0v) is 9.55. The van der Waals surface area contributed by atoms with Crippen LogP contribution >= 0.6 is 11.6 Å². The van der Waals surface area contributed by atoms with Gasteiger partial charge >= 0.3 is 0 Å². The predicted octanol–water partition coefficient (Wildman–Crippen LogP) is 2.83. The van der Waals surface area contributed by atoms with E-state index in [9.17, 15) is 8.42 Å². The molecule has 0 bridgehead atoms. The minimum absolute atomic E-state index is 0.299. The Morgan fingerprint density at radius 3 is 2.36 bits per heavy atom. The first-order chi connectivity index (χ1) is 6.59. The molecule has 0 saturated carbocycles. The van der Waals surface area contributed by atoms with Gasteiger partial charge in [-0.05, 0) is 18.6 Å². The molecule has 0 aliphatic carbocycles. The summed E-state index contributed by atoms with van der Waals surface area (Å²) in [6.07, 6.45) is 1.25. The van der Waals surface area contributed by atoms with Crippen molar-refractivity contribution in [3.05, 3.63) is 30.3 Å². The van der Waals surface area contributed by atoms with Crippen LogP contribution in [-0.2, 0) is 9.84 Å². The Bertz CT molecular complexity index is 372. The molecule has 0 spiro atoms. The molecule has 14 heavy (non-hydrogen) atoms. The molecular formula is C10H13ClO2S. The van der Waals surface area contributed by atoms with Crippen LogP contribution in [0.4, 0.5) is 0 Å². The highest BCUT2D eigenvalue weighted by molar-refractivity contribution is 7.93. The van der Waals surface area contributed by atoms with Crippen LogP contribution in [0.1, 0.15) is 19.8 Å². The van der Waals surface area contributed by atoms with E-state index in [1.165, 1.54) is 0 Å². The third-order valence-electron chi connectivity index (χ3n) is 1.92. The fraction of sp³-hybridized carbons (Fsp3) is 0.400. The van der Waals surface area contributed by atoms with Gasteiger partial charge in [-0.15, -0.1) is 11.6 Å². The first-order valence-corrected chi connectivity index (χ1v) is 6.50. The van der Waals surface area contributed by atoms with Crippen LogP contribution in [0.3, 0.4) is 0 Å². The number of hydrogen-bond donors (Lipinski definition) is 0. The summed E-state index contributed by atoms with van der Waals surface area (Å²) in [5.41, 5.74) is 0. The number of hydrogen-bond acceptors (Lipinski definition) is 2. The third-order valence-corrected chi connectivity index (χ3v) is 4.68. The molecule has 1 rings (SSSR count). The predicted molar refractivity (Wildman–Crippen MR) is 58.2 cm³/mol. The molecule has 1 unspecified atom stereocenters. The highest BCUT2D eigenvalue weighted by Crippen LogP contribution is 2.21. The molecule has 2 nitrogen and oxygen atoms in total. The second kappa shape index (κ2) is 4.80. The van der Waals surface area contributed by atoms with Crippen LogP contribution in [0.5, 0.6) is 0 Å². The van der Waals surface area contributed by atoms with E-state index < -0.39 is 14.5 Å². The Labute approximate surface area is 89.8 Å².